The number of hydrogen-bond donors (Lipinski definition) is 2. The second-order valence-corrected chi connectivity index (χ2v) is 6.66. The number of benzene rings is 2. The minimum Gasteiger partial charge on any atom is -0.492 e. The van der Waals surface area contributed by atoms with E-state index in [2.05, 4.69) is 10.6 Å². The summed E-state index contributed by atoms with van der Waals surface area (Å²) in [6.45, 7) is 4.16. The molecule has 0 bridgehead atoms. The maximum absolute atomic E-state index is 12.8. The van der Waals surface area contributed by atoms with Gasteiger partial charge >= 0.3 is 12.0 Å². The topological polar surface area (TPSA) is 76.7 Å². The van der Waals surface area contributed by atoms with Crippen LogP contribution in [0.4, 0.5) is 4.79 Å². The minimum absolute atomic E-state index is 0.140. The van der Waals surface area contributed by atoms with E-state index in [4.69, 9.17) is 21.1 Å². The minimum atomic E-state index is -0.676. The Morgan fingerprint density at radius 3 is 2.61 bits per heavy atom. The Bertz CT molecular complexity index is 912. The number of amides is 2. The number of rotatable bonds is 6. The third-order valence-corrected chi connectivity index (χ3v) is 4.59. The van der Waals surface area contributed by atoms with Gasteiger partial charge in [-0.2, -0.15) is 0 Å². The number of urea groups is 1. The molecular weight excluding hydrogens is 380 g/mol. The number of ether oxygens (including phenoxy) is 2. The quantitative estimate of drug-likeness (QED) is 0.715. The summed E-state index contributed by atoms with van der Waals surface area (Å²) in [5, 5.41) is 5.79. The zero-order valence-corrected chi connectivity index (χ0v) is 16.4. The van der Waals surface area contributed by atoms with Crippen molar-refractivity contribution in [3.8, 4) is 5.75 Å². The lowest BCUT2D eigenvalue weighted by molar-refractivity contribution is -0.140. The zero-order valence-electron chi connectivity index (χ0n) is 15.6. The van der Waals surface area contributed by atoms with Gasteiger partial charge in [0.15, 0.2) is 0 Å². The molecule has 1 aliphatic heterocycles. The molecular formula is C21H21ClN2O4. The Hall–Kier alpha value is -2.99. The SMILES string of the molecule is CCOc1ccc(C2NC(=O)NC(C)=C2C(=O)OCc2ccccc2)cc1Cl. The van der Waals surface area contributed by atoms with Crippen molar-refractivity contribution in [3.63, 3.8) is 0 Å². The summed E-state index contributed by atoms with van der Waals surface area (Å²) in [7, 11) is 0. The van der Waals surface area contributed by atoms with Crippen molar-refractivity contribution in [2.75, 3.05) is 6.61 Å². The third-order valence-electron chi connectivity index (χ3n) is 4.29. The molecule has 1 unspecified atom stereocenters. The number of halogens is 1. The molecule has 28 heavy (non-hydrogen) atoms. The first-order valence-corrected chi connectivity index (χ1v) is 9.29. The Morgan fingerprint density at radius 1 is 1.18 bits per heavy atom. The molecule has 2 amide bonds. The smallest absolute Gasteiger partial charge is 0.338 e. The van der Waals surface area contributed by atoms with Crippen molar-refractivity contribution in [2.45, 2.75) is 26.5 Å². The molecule has 146 valence electrons. The summed E-state index contributed by atoms with van der Waals surface area (Å²) in [6.07, 6.45) is 0. The molecule has 1 atom stereocenters. The lowest BCUT2D eigenvalue weighted by atomic mass is 9.95. The van der Waals surface area contributed by atoms with Gasteiger partial charge in [-0.05, 0) is 37.1 Å². The highest BCUT2D eigenvalue weighted by Crippen LogP contribution is 2.33. The lowest BCUT2D eigenvalue weighted by Crippen LogP contribution is -2.45. The van der Waals surface area contributed by atoms with Crippen LogP contribution in [0, 0.1) is 0 Å². The van der Waals surface area contributed by atoms with Crippen molar-refractivity contribution < 1.29 is 19.1 Å². The molecule has 0 saturated carbocycles. The van der Waals surface area contributed by atoms with Gasteiger partial charge < -0.3 is 20.1 Å². The standard InChI is InChI=1S/C21H21ClN2O4/c1-3-27-17-10-9-15(11-16(17)22)19-18(13(2)23-21(26)24-19)20(25)28-12-14-7-5-4-6-8-14/h4-11,19H,3,12H2,1-2H3,(H2,23,24,26). The van der Waals surface area contributed by atoms with E-state index in [0.29, 0.717) is 34.2 Å². The van der Waals surface area contributed by atoms with E-state index in [0.717, 1.165) is 5.56 Å². The van der Waals surface area contributed by atoms with E-state index in [-0.39, 0.29) is 6.61 Å². The van der Waals surface area contributed by atoms with Gasteiger partial charge in [-0.3, -0.25) is 0 Å². The Morgan fingerprint density at radius 2 is 1.93 bits per heavy atom. The molecule has 2 N–H and O–H groups in total. The summed E-state index contributed by atoms with van der Waals surface area (Å²) in [4.78, 5) is 24.8. The molecule has 2 aromatic carbocycles. The van der Waals surface area contributed by atoms with Crippen molar-refractivity contribution in [1.29, 1.82) is 0 Å². The van der Waals surface area contributed by atoms with Crippen LogP contribution in [0.1, 0.15) is 31.0 Å². The molecule has 1 aliphatic rings. The average molecular weight is 401 g/mol. The van der Waals surface area contributed by atoms with Gasteiger partial charge in [0.2, 0.25) is 0 Å². The fourth-order valence-corrected chi connectivity index (χ4v) is 3.23. The molecule has 0 aliphatic carbocycles. The molecule has 0 spiro atoms. The van der Waals surface area contributed by atoms with E-state index in [1.165, 1.54) is 0 Å². The second-order valence-electron chi connectivity index (χ2n) is 6.25. The van der Waals surface area contributed by atoms with Gasteiger partial charge in [0.25, 0.3) is 0 Å². The summed E-state index contributed by atoms with van der Waals surface area (Å²) < 4.78 is 10.9. The molecule has 6 nitrogen and oxygen atoms in total. The highest BCUT2D eigenvalue weighted by Gasteiger charge is 2.32. The maximum Gasteiger partial charge on any atom is 0.338 e. The van der Waals surface area contributed by atoms with Crippen LogP contribution in [0.2, 0.25) is 5.02 Å². The van der Waals surface area contributed by atoms with E-state index in [9.17, 15) is 9.59 Å². The molecule has 0 aromatic heterocycles. The van der Waals surface area contributed by atoms with Gasteiger partial charge in [-0.1, -0.05) is 48.0 Å². The van der Waals surface area contributed by atoms with Crippen molar-refractivity contribution in [3.05, 3.63) is 76.0 Å². The summed E-state index contributed by atoms with van der Waals surface area (Å²) >= 11 is 6.28. The summed E-state index contributed by atoms with van der Waals surface area (Å²) in [5.41, 5.74) is 2.31. The molecule has 2 aromatic rings. The average Bonchev–Trinajstić information content (AvgIpc) is 2.68. The molecule has 1 heterocycles. The van der Waals surface area contributed by atoms with E-state index >= 15 is 0 Å². The molecule has 7 heteroatoms. The van der Waals surface area contributed by atoms with Gasteiger partial charge in [0.1, 0.15) is 12.4 Å². The number of hydrogen-bond acceptors (Lipinski definition) is 4. The van der Waals surface area contributed by atoms with E-state index in [1.54, 1.807) is 25.1 Å². The van der Waals surface area contributed by atoms with Crippen LogP contribution in [0.3, 0.4) is 0 Å². The predicted molar refractivity (Wildman–Crippen MR) is 106 cm³/mol. The number of carbonyl (C=O) groups is 2. The molecule has 0 fully saturated rings. The van der Waals surface area contributed by atoms with Crippen LogP contribution in [0.5, 0.6) is 5.75 Å². The van der Waals surface area contributed by atoms with Gasteiger partial charge in [0, 0.05) is 5.70 Å². The highest BCUT2D eigenvalue weighted by atomic mass is 35.5. The van der Waals surface area contributed by atoms with Crippen LogP contribution in [-0.2, 0) is 16.1 Å². The largest absolute Gasteiger partial charge is 0.492 e. The van der Waals surface area contributed by atoms with Gasteiger partial charge in [-0.25, -0.2) is 9.59 Å². The molecule has 0 radical (unpaired) electrons. The third kappa shape index (κ3) is 4.46. The summed E-state index contributed by atoms with van der Waals surface area (Å²) in [6, 6.07) is 13.5. The van der Waals surface area contributed by atoms with Crippen molar-refractivity contribution in [2.24, 2.45) is 0 Å². The maximum atomic E-state index is 12.8. The molecule has 0 saturated heterocycles. The number of esters is 1. The first-order valence-electron chi connectivity index (χ1n) is 8.91. The van der Waals surface area contributed by atoms with Crippen molar-refractivity contribution in [1.82, 2.24) is 10.6 Å². The van der Waals surface area contributed by atoms with Gasteiger partial charge in [-0.15, -0.1) is 0 Å². The Kier molecular flexibility index (Phi) is 6.21. The Labute approximate surface area is 168 Å². The van der Waals surface area contributed by atoms with Crippen LogP contribution >= 0.6 is 11.6 Å². The zero-order chi connectivity index (χ0) is 20.1. The van der Waals surface area contributed by atoms with Gasteiger partial charge in [0.05, 0.1) is 23.2 Å². The van der Waals surface area contributed by atoms with Crippen LogP contribution in [-0.4, -0.2) is 18.6 Å². The fraction of sp³-hybridized carbons (Fsp3) is 0.238. The number of carbonyl (C=O) groups excluding carboxylic acids is 2. The normalized spacial score (nSPS) is 16.2. The summed E-state index contributed by atoms with van der Waals surface area (Å²) in [5.74, 6) is 0.0333. The van der Waals surface area contributed by atoms with Crippen molar-refractivity contribution >= 4 is 23.6 Å². The fourth-order valence-electron chi connectivity index (χ4n) is 2.98. The first kappa shape index (κ1) is 19.8. The van der Waals surface area contributed by atoms with E-state index in [1.807, 2.05) is 37.3 Å². The Balaban J connectivity index is 1.86. The van der Waals surface area contributed by atoms with Crippen LogP contribution in [0.15, 0.2) is 59.8 Å². The predicted octanol–water partition coefficient (Wildman–Crippen LogP) is 4.11. The molecule has 3 rings (SSSR count). The van der Waals surface area contributed by atoms with Crippen LogP contribution in [0.25, 0.3) is 0 Å². The first-order chi connectivity index (χ1) is 13.5. The number of allylic oxidation sites excluding steroid dienone is 1. The lowest BCUT2D eigenvalue weighted by Gasteiger charge is -2.28. The highest BCUT2D eigenvalue weighted by molar-refractivity contribution is 6.32. The number of nitrogens with one attached hydrogen (secondary N) is 2. The van der Waals surface area contributed by atoms with Crippen LogP contribution < -0.4 is 15.4 Å². The van der Waals surface area contributed by atoms with E-state index < -0.39 is 18.0 Å². The monoisotopic (exact) mass is 400 g/mol. The second kappa shape index (κ2) is 8.80.